The van der Waals surface area contributed by atoms with Crippen molar-refractivity contribution in [2.75, 3.05) is 13.1 Å². The van der Waals surface area contributed by atoms with Gasteiger partial charge in [0.25, 0.3) is 0 Å². The average molecular weight is 344 g/mol. The zero-order chi connectivity index (χ0) is 18.3. The molecule has 0 aliphatic carbocycles. The van der Waals surface area contributed by atoms with Gasteiger partial charge in [0.2, 0.25) is 23.6 Å². The van der Waals surface area contributed by atoms with Crippen LogP contribution in [0.5, 0.6) is 0 Å². The van der Waals surface area contributed by atoms with Crippen molar-refractivity contribution in [1.82, 2.24) is 20.8 Å². The van der Waals surface area contributed by atoms with Crippen molar-refractivity contribution in [2.24, 2.45) is 0 Å². The van der Waals surface area contributed by atoms with E-state index >= 15 is 0 Å². The summed E-state index contributed by atoms with van der Waals surface area (Å²) in [6.07, 6.45) is 1.31. The van der Waals surface area contributed by atoms with Crippen molar-refractivity contribution < 1.29 is 29.6 Å². The average Bonchev–Trinajstić information content (AvgIpc) is 2.50. The van der Waals surface area contributed by atoms with E-state index in [-0.39, 0.29) is 24.9 Å². The molecule has 0 saturated carbocycles. The second-order valence-electron chi connectivity index (χ2n) is 5.69. The second kappa shape index (κ2) is 9.18. The van der Waals surface area contributed by atoms with Crippen LogP contribution in [0, 0.1) is 0 Å². The van der Waals surface area contributed by atoms with Gasteiger partial charge in [0, 0.05) is 26.9 Å². The lowest BCUT2D eigenvalue weighted by Gasteiger charge is -2.30. The maximum atomic E-state index is 12.0. The summed E-state index contributed by atoms with van der Waals surface area (Å²) in [4.78, 5) is 45.7. The Labute approximate surface area is 139 Å². The maximum absolute atomic E-state index is 12.0. The zero-order valence-corrected chi connectivity index (χ0v) is 13.8. The smallest absolute Gasteiger partial charge is 0.243 e. The summed E-state index contributed by atoms with van der Waals surface area (Å²) in [5, 5.41) is 24.8. The van der Waals surface area contributed by atoms with Crippen molar-refractivity contribution in [3.05, 3.63) is 0 Å². The lowest BCUT2D eigenvalue weighted by atomic mass is 10.0. The van der Waals surface area contributed by atoms with Crippen molar-refractivity contribution in [3.63, 3.8) is 0 Å². The summed E-state index contributed by atoms with van der Waals surface area (Å²) in [5.74, 6) is -1.65. The molecule has 0 aromatic carbocycles. The molecule has 10 nitrogen and oxygen atoms in total. The summed E-state index contributed by atoms with van der Waals surface area (Å²) in [6.45, 7) is 2.60. The van der Waals surface area contributed by atoms with Crippen LogP contribution >= 0.6 is 0 Å². The lowest BCUT2D eigenvalue weighted by molar-refractivity contribution is -0.163. The van der Waals surface area contributed by atoms with Crippen LogP contribution in [0.25, 0.3) is 0 Å². The maximum Gasteiger partial charge on any atom is 0.243 e. The molecule has 2 atom stereocenters. The Balaban J connectivity index is 2.36. The number of nitrogens with one attached hydrogen (secondary N) is 2. The van der Waals surface area contributed by atoms with Crippen LogP contribution in [0.1, 0.15) is 39.5 Å². The van der Waals surface area contributed by atoms with Gasteiger partial charge in [0.15, 0.2) is 0 Å². The van der Waals surface area contributed by atoms with Gasteiger partial charge in [-0.1, -0.05) is 0 Å². The molecule has 1 heterocycles. The molecule has 4 amide bonds. The fraction of sp³-hybridized carbons (Fsp3) is 0.714. The van der Waals surface area contributed by atoms with Gasteiger partial charge >= 0.3 is 0 Å². The van der Waals surface area contributed by atoms with Gasteiger partial charge < -0.3 is 10.6 Å². The molecular formula is C14H24N4O6. The van der Waals surface area contributed by atoms with E-state index in [1.54, 1.807) is 0 Å². The highest BCUT2D eigenvalue weighted by atomic mass is 16.5. The monoisotopic (exact) mass is 344 g/mol. The predicted molar refractivity (Wildman–Crippen MR) is 80.7 cm³/mol. The number of carbonyl (C=O) groups is 4. The first kappa shape index (κ1) is 19.8. The normalized spacial score (nSPS) is 20.2. The van der Waals surface area contributed by atoms with Gasteiger partial charge in [-0.3, -0.25) is 29.6 Å². The van der Waals surface area contributed by atoms with Gasteiger partial charge in [-0.25, -0.2) is 10.1 Å². The Morgan fingerprint density at radius 2 is 1.21 bits per heavy atom. The highest BCUT2D eigenvalue weighted by molar-refractivity contribution is 5.96. The number of amides is 4. The van der Waals surface area contributed by atoms with Crippen LogP contribution in [0.2, 0.25) is 0 Å². The quantitative estimate of drug-likeness (QED) is 0.329. The SMILES string of the molecule is CC(=O)N(O)CCC[C@H]1NC(=O)[C@@H](CCCN(O)C(C)=O)NC1=O. The minimum Gasteiger partial charge on any atom is -0.343 e. The van der Waals surface area contributed by atoms with Gasteiger partial charge in [0.05, 0.1) is 0 Å². The molecule has 0 aromatic heterocycles. The van der Waals surface area contributed by atoms with E-state index in [1.807, 2.05) is 0 Å². The molecule has 0 radical (unpaired) electrons. The van der Waals surface area contributed by atoms with Gasteiger partial charge in [-0.2, -0.15) is 0 Å². The Kier molecular flexibility index (Phi) is 7.59. The first-order valence-corrected chi connectivity index (χ1v) is 7.77. The molecule has 24 heavy (non-hydrogen) atoms. The van der Waals surface area contributed by atoms with Crippen molar-refractivity contribution in [1.29, 1.82) is 0 Å². The molecule has 0 spiro atoms. The molecule has 4 N–H and O–H groups in total. The number of hydrogen-bond acceptors (Lipinski definition) is 6. The van der Waals surface area contributed by atoms with E-state index in [1.165, 1.54) is 13.8 Å². The van der Waals surface area contributed by atoms with Crippen LogP contribution < -0.4 is 10.6 Å². The molecule has 0 bridgehead atoms. The summed E-state index contributed by atoms with van der Waals surface area (Å²) >= 11 is 0. The summed E-state index contributed by atoms with van der Waals surface area (Å²) < 4.78 is 0. The molecule has 10 heteroatoms. The number of hydroxylamine groups is 4. The minimum absolute atomic E-state index is 0.0792. The third-order valence-corrected chi connectivity index (χ3v) is 3.72. The number of carbonyl (C=O) groups excluding carboxylic acids is 4. The molecule has 1 rings (SSSR count). The lowest BCUT2D eigenvalue weighted by Crippen LogP contribution is -2.61. The fourth-order valence-electron chi connectivity index (χ4n) is 2.29. The highest BCUT2D eigenvalue weighted by Crippen LogP contribution is 2.09. The Bertz CT molecular complexity index is 454. The Morgan fingerprint density at radius 1 is 0.875 bits per heavy atom. The third-order valence-electron chi connectivity index (χ3n) is 3.72. The van der Waals surface area contributed by atoms with Crippen LogP contribution in [0.15, 0.2) is 0 Å². The molecule has 1 saturated heterocycles. The minimum atomic E-state index is -0.708. The standard InChI is InChI=1S/C14H24N4O6/c1-9(19)17(23)7-3-5-11-13(21)16-12(14(22)15-11)6-4-8-18(24)10(2)20/h11-12,23-24H,3-8H2,1-2H3,(H,15,22)(H,16,21)/t11-,12-/m1/s1. The molecule has 1 aliphatic heterocycles. The van der Waals surface area contributed by atoms with Crippen LogP contribution in [-0.4, -0.2) is 69.3 Å². The topological polar surface area (TPSA) is 139 Å². The van der Waals surface area contributed by atoms with Gasteiger partial charge in [-0.05, 0) is 25.7 Å². The molecule has 0 unspecified atom stereocenters. The fourth-order valence-corrected chi connectivity index (χ4v) is 2.29. The van der Waals surface area contributed by atoms with Crippen LogP contribution in [-0.2, 0) is 19.2 Å². The zero-order valence-electron chi connectivity index (χ0n) is 13.8. The van der Waals surface area contributed by atoms with E-state index in [0.717, 1.165) is 0 Å². The third kappa shape index (κ3) is 6.13. The van der Waals surface area contributed by atoms with E-state index in [4.69, 9.17) is 0 Å². The van der Waals surface area contributed by atoms with E-state index < -0.39 is 23.9 Å². The Hall–Kier alpha value is -2.20. The first-order chi connectivity index (χ1) is 11.2. The molecular weight excluding hydrogens is 320 g/mol. The van der Waals surface area contributed by atoms with E-state index in [0.29, 0.717) is 35.8 Å². The van der Waals surface area contributed by atoms with Crippen LogP contribution in [0.3, 0.4) is 0 Å². The number of hydrogen-bond donors (Lipinski definition) is 4. The van der Waals surface area contributed by atoms with Gasteiger partial charge in [0.1, 0.15) is 12.1 Å². The highest BCUT2D eigenvalue weighted by Gasteiger charge is 2.32. The second-order valence-corrected chi connectivity index (χ2v) is 5.69. The molecule has 0 aromatic rings. The van der Waals surface area contributed by atoms with Crippen molar-refractivity contribution in [3.8, 4) is 0 Å². The number of rotatable bonds is 8. The summed E-state index contributed by atoms with van der Waals surface area (Å²) in [5.41, 5.74) is 0. The number of piperazine rings is 1. The molecule has 1 fully saturated rings. The van der Waals surface area contributed by atoms with Crippen molar-refractivity contribution in [2.45, 2.75) is 51.6 Å². The van der Waals surface area contributed by atoms with Crippen LogP contribution in [0.4, 0.5) is 0 Å². The number of nitrogens with zero attached hydrogens (tertiary/aromatic N) is 2. The summed E-state index contributed by atoms with van der Waals surface area (Å²) in [6, 6.07) is -1.42. The molecule has 1 aliphatic rings. The van der Waals surface area contributed by atoms with Crippen molar-refractivity contribution >= 4 is 23.6 Å². The van der Waals surface area contributed by atoms with Gasteiger partial charge in [-0.15, -0.1) is 0 Å². The largest absolute Gasteiger partial charge is 0.343 e. The predicted octanol–water partition coefficient (Wildman–Crippen LogP) is -0.995. The van der Waals surface area contributed by atoms with E-state index in [2.05, 4.69) is 10.6 Å². The first-order valence-electron chi connectivity index (χ1n) is 7.77. The molecule has 136 valence electrons. The van der Waals surface area contributed by atoms with E-state index in [9.17, 15) is 29.6 Å². The summed E-state index contributed by atoms with van der Waals surface area (Å²) in [7, 11) is 0. The Morgan fingerprint density at radius 3 is 1.50 bits per heavy atom.